The van der Waals surface area contributed by atoms with Crippen LogP contribution in [0.1, 0.15) is 26.7 Å². The third kappa shape index (κ3) is 4.62. The van der Waals surface area contributed by atoms with Crippen molar-refractivity contribution in [3.63, 3.8) is 0 Å². The van der Waals surface area contributed by atoms with Gasteiger partial charge in [0, 0.05) is 5.75 Å². The molecular formula is C8H16O3S. The van der Waals surface area contributed by atoms with Crippen molar-refractivity contribution in [3.8, 4) is 0 Å². The Morgan fingerprint density at radius 2 is 2.17 bits per heavy atom. The van der Waals surface area contributed by atoms with Gasteiger partial charge in [-0.1, -0.05) is 13.3 Å². The summed E-state index contributed by atoms with van der Waals surface area (Å²) in [5, 5.41) is 17.8. The molecule has 0 radical (unpaired) electrons. The SMILES string of the molecule is CCCCSCC(C)(O)C(=O)O. The zero-order valence-electron chi connectivity index (χ0n) is 7.54. The van der Waals surface area contributed by atoms with E-state index in [9.17, 15) is 9.90 Å². The van der Waals surface area contributed by atoms with Gasteiger partial charge >= 0.3 is 5.97 Å². The predicted molar refractivity (Wildman–Crippen MR) is 50.5 cm³/mol. The van der Waals surface area contributed by atoms with E-state index in [-0.39, 0.29) is 5.75 Å². The topological polar surface area (TPSA) is 57.5 Å². The van der Waals surface area contributed by atoms with Gasteiger partial charge in [-0.15, -0.1) is 0 Å². The highest BCUT2D eigenvalue weighted by molar-refractivity contribution is 7.99. The number of unbranched alkanes of at least 4 members (excludes halogenated alkanes) is 1. The Hall–Kier alpha value is -0.220. The summed E-state index contributed by atoms with van der Waals surface area (Å²) in [5.74, 6) is 0.0360. The molecule has 0 spiro atoms. The van der Waals surface area contributed by atoms with Crippen LogP contribution in [0.4, 0.5) is 0 Å². The van der Waals surface area contributed by atoms with Crippen LogP contribution in [0.5, 0.6) is 0 Å². The highest BCUT2D eigenvalue weighted by atomic mass is 32.2. The van der Waals surface area contributed by atoms with Gasteiger partial charge in [-0.3, -0.25) is 0 Å². The minimum atomic E-state index is -1.57. The summed E-state index contributed by atoms with van der Waals surface area (Å²) in [6, 6.07) is 0. The first-order chi connectivity index (χ1) is 5.50. The van der Waals surface area contributed by atoms with Crippen molar-refractivity contribution < 1.29 is 15.0 Å². The fourth-order valence-electron chi connectivity index (χ4n) is 0.579. The Kier molecular flexibility index (Phi) is 5.33. The number of hydrogen-bond donors (Lipinski definition) is 2. The van der Waals surface area contributed by atoms with Crippen LogP contribution in [-0.2, 0) is 4.79 Å². The zero-order valence-corrected chi connectivity index (χ0v) is 8.36. The van der Waals surface area contributed by atoms with E-state index < -0.39 is 11.6 Å². The number of hydrogen-bond acceptors (Lipinski definition) is 3. The first-order valence-electron chi connectivity index (χ1n) is 4.04. The van der Waals surface area contributed by atoms with Crippen LogP contribution in [-0.4, -0.2) is 33.3 Å². The molecule has 0 saturated heterocycles. The van der Waals surface area contributed by atoms with Crippen molar-refractivity contribution in [1.82, 2.24) is 0 Å². The van der Waals surface area contributed by atoms with E-state index in [1.54, 1.807) is 0 Å². The quantitative estimate of drug-likeness (QED) is 0.624. The van der Waals surface area contributed by atoms with Gasteiger partial charge in [0.05, 0.1) is 0 Å². The van der Waals surface area contributed by atoms with E-state index in [0.717, 1.165) is 18.6 Å². The molecule has 0 aliphatic carbocycles. The number of aliphatic hydroxyl groups is 1. The van der Waals surface area contributed by atoms with Crippen LogP contribution in [0.15, 0.2) is 0 Å². The summed E-state index contributed by atoms with van der Waals surface area (Å²) in [7, 11) is 0. The van der Waals surface area contributed by atoms with Gasteiger partial charge in [-0.05, 0) is 19.1 Å². The Morgan fingerprint density at radius 3 is 2.58 bits per heavy atom. The molecule has 0 aromatic rings. The molecule has 0 amide bonds. The smallest absolute Gasteiger partial charge is 0.336 e. The number of carboxylic acids is 1. The maximum atomic E-state index is 10.4. The summed E-state index contributed by atoms with van der Waals surface area (Å²) in [6.07, 6.45) is 2.17. The van der Waals surface area contributed by atoms with Crippen molar-refractivity contribution in [2.45, 2.75) is 32.3 Å². The Bertz CT molecular complexity index is 145. The molecule has 0 fully saturated rings. The monoisotopic (exact) mass is 192 g/mol. The van der Waals surface area contributed by atoms with Crippen LogP contribution in [0, 0.1) is 0 Å². The fraction of sp³-hybridized carbons (Fsp3) is 0.875. The molecule has 0 aromatic carbocycles. The summed E-state index contributed by atoms with van der Waals surface area (Å²) < 4.78 is 0. The molecule has 2 N–H and O–H groups in total. The van der Waals surface area contributed by atoms with Crippen molar-refractivity contribution in [2.75, 3.05) is 11.5 Å². The molecule has 0 saturated carbocycles. The average Bonchev–Trinajstić information content (AvgIpc) is 1.98. The van der Waals surface area contributed by atoms with E-state index in [1.165, 1.54) is 18.7 Å². The van der Waals surface area contributed by atoms with Gasteiger partial charge in [-0.2, -0.15) is 11.8 Å². The summed E-state index contributed by atoms with van der Waals surface area (Å²) in [5.41, 5.74) is -1.57. The number of aliphatic carboxylic acids is 1. The molecule has 0 aliphatic heterocycles. The Morgan fingerprint density at radius 1 is 1.58 bits per heavy atom. The van der Waals surface area contributed by atoms with Crippen molar-refractivity contribution in [3.05, 3.63) is 0 Å². The lowest BCUT2D eigenvalue weighted by atomic mass is 10.1. The lowest BCUT2D eigenvalue weighted by Crippen LogP contribution is -2.37. The summed E-state index contributed by atoms with van der Waals surface area (Å²) >= 11 is 1.48. The Labute approximate surface area is 77.2 Å². The maximum Gasteiger partial charge on any atom is 0.336 e. The van der Waals surface area contributed by atoms with Gasteiger partial charge in [0.15, 0.2) is 5.60 Å². The second-order valence-electron chi connectivity index (χ2n) is 2.99. The molecule has 0 aliphatic rings. The lowest BCUT2D eigenvalue weighted by molar-refractivity contribution is -0.154. The molecule has 0 rings (SSSR count). The van der Waals surface area contributed by atoms with Crippen LogP contribution in [0.25, 0.3) is 0 Å². The number of thioether (sulfide) groups is 1. The number of rotatable bonds is 6. The third-order valence-electron chi connectivity index (χ3n) is 1.49. The highest BCUT2D eigenvalue weighted by Gasteiger charge is 2.29. The van der Waals surface area contributed by atoms with E-state index in [1.807, 2.05) is 0 Å². The molecule has 0 heterocycles. The normalized spacial score (nSPS) is 15.6. The van der Waals surface area contributed by atoms with Gasteiger partial charge in [0.25, 0.3) is 0 Å². The molecule has 72 valence electrons. The zero-order chi connectivity index (χ0) is 9.61. The molecule has 1 unspecified atom stereocenters. The van der Waals surface area contributed by atoms with Crippen molar-refractivity contribution in [1.29, 1.82) is 0 Å². The third-order valence-corrected chi connectivity index (χ3v) is 2.83. The van der Waals surface area contributed by atoms with Crippen LogP contribution in [0.2, 0.25) is 0 Å². The standard InChI is InChI=1S/C8H16O3S/c1-3-4-5-12-6-8(2,11)7(9)10/h11H,3-6H2,1-2H3,(H,9,10). The van der Waals surface area contributed by atoms with Gasteiger partial charge in [-0.25, -0.2) is 4.79 Å². The minimum absolute atomic E-state index is 0.266. The molecule has 0 aromatic heterocycles. The minimum Gasteiger partial charge on any atom is -0.479 e. The molecule has 3 nitrogen and oxygen atoms in total. The average molecular weight is 192 g/mol. The van der Waals surface area contributed by atoms with Crippen molar-refractivity contribution in [2.24, 2.45) is 0 Å². The maximum absolute atomic E-state index is 10.4. The molecule has 0 bridgehead atoms. The van der Waals surface area contributed by atoms with Crippen LogP contribution < -0.4 is 0 Å². The first-order valence-corrected chi connectivity index (χ1v) is 5.19. The predicted octanol–water partition coefficient (Wildman–Crippen LogP) is 1.36. The van der Waals surface area contributed by atoms with Gasteiger partial charge in [0.1, 0.15) is 0 Å². The fourth-order valence-corrected chi connectivity index (χ4v) is 1.74. The number of carboxylic acid groups (broad SMARTS) is 1. The Balaban J connectivity index is 3.54. The van der Waals surface area contributed by atoms with E-state index in [0.29, 0.717) is 0 Å². The van der Waals surface area contributed by atoms with Gasteiger partial charge < -0.3 is 10.2 Å². The van der Waals surface area contributed by atoms with Crippen molar-refractivity contribution >= 4 is 17.7 Å². The molecular weight excluding hydrogens is 176 g/mol. The highest BCUT2D eigenvalue weighted by Crippen LogP contribution is 2.14. The second kappa shape index (κ2) is 5.43. The molecule has 4 heteroatoms. The van der Waals surface area contributed by atoms with Crippen LogP contribution >= 0.6 is 11.8 Å². The molecule has 12 heavy (non-hydrogen) atoms. The lowest BCUT2D eigenvalue weighted by Gasteiger charge is -2.16. The second-order valence-corrected chi connectivity index (χ2v) is 4.09. The van der Waals surface area contributed by atoms with E-state index in [4.69, 9.17) is 5.11 Å². The van der Waals surface area contributed by atoms with Crippen LogP contribution in [0.3, 0.4) is 0 Å². The summed E-state index contributed by atoms with van der Waals surface area (Å²) in [6.45, 7) is 3.41. The number of carbonyl (C=O) groups is 1. The largest absolute Gasteiger partial charge is 0.479 e. The molecule has 1 atom stereocenters. The summed E-state index contributed by atoms with van der Waals surface area (Å²) in [4.78, 5) is 10.4. The van der Waals surface area contributed by atoms with E-state index >= 15 is 0 Å². The van der Waals surface area contributed by atoms with Gasteiger partial charge in [0.2, 0.25) is 0 Å². The first kappa shape index (κ1) is 11.8. The van der Waals surface area contributed by atoms with E-state index in [2.05, 4.69) is 6.92 Å².